The van der Waals surface area contributed by atoms with Gasteiger partial charge in [0.05, 0.1) is 10.5 Å². The van der Waals surface area contributed by atoms with E-state index in [0.717, 1.165) is 6.07 Å². The lowest BCUT2D eigenvalue weighted by Gasteiger charge is -2.34. The zero-order valence-electron chi connectivity index (χ0n) is 15.2. The second-order valence-electron chi connectivity index (χ2n) is 6.31. The van der Waals surface area contributed by atoms with Gasteiger partial charge in [-0.25, -0.2) is 4.39 Å². The van der Waals surface area contributed by atoms with Crippen molar-refractivity contribution in [3.63, 3.8) is 0 Å². The number of nitro benzene ring substituents is 1. The molecule has 152 valence electrons. The summed E-state index contributed by atoms with van der Waals surface area (Å²) in [6, 6.07) is 9.56. The Hall–Kier alpha value is -3.20. The largest absolute Gasteiger partial charge is 0.477 e. The zero-order valence-corrected chi connectivity index (χ0v) is 16.0. The topological polar surface area (TPSA) is 93.0 Å². The van der Waals surface area contributed by atoms with E-state index < -0.39 is 16.6 Å². The summed E-state index contributed by atoms with van der Waals surface area (Å²) < 4.78 is 19.2. The van der Waals surface area contributed by atoms with Crippen LogP contribution in [0.25, 0.3) is 0 Å². The minimum atomic E-state index is -0.657. The molecule has 2 aromatic rings. The number of carbonyl (C=O) groups is 2. The average molecular weight is 422 g/mol. The number of nitrogens with zero attached hydrogens (tertiary/aromatic N) is 3. The molecule has 0 spiro atoms. The number of ether oxygens (including phenoxy) is 1. The van der Waals surface area contributed by atoms with Crippen molar-refractivity contribution in [2.75, 3.05) is 32.8 Å². The van der Waals surface area contributed by atoms with Crippen molar-refractivity contribution in [3.05, 3.63) is 69.0 Å². The first-order valence-electron chi connectivity index (χ1n) is 8.75. The van der Waals surface area contributed by atoms with Crippen LogP contribution >= 0.6 is 11.6 Å². The predicted molar refractivity (Wildman–Crippen MR) is 102 cm³/mol. The molecule has 1 heterocycles. The summed E-state index contributed by atoms with van der Waals surface area (Å²) in [6.45, 7) is 0.575. The lowest BCUT2D eigenvalue weighted by atomic mass is 10.1. The van der Waals surface area contributed by atoms with E-state index in [1.807, 2.05) is 0 Å². The molecule has 0 unspecified atom stereocenters. The molecule has 2 aromatic carbocycles. The summed E-state index contributed by atoms with van der Waals surface area (Å²) in [4.78, 5) is 38.2. The quantitative estimate of drug-likeness (QED) is 0.546. The molecule has 0 aromatic heterocycles. The summed E-state index contributed by atoms with van der Waals surface area (Å²) in [6.07, 6.45) is 0. The fraction of sp³-hybridized carbons (Fsp3) is 0.263. The highest BCUT2D eigenvalue weighted by Crippen LogP contribution is 2.25. The number of benzene rings is 2. The highest BCUT2D eigenvalue weighted by Gasteiger charge is 2.27. The van der Waals surface area contributed by atoms with Gasteiger partial charge in [-0.2, -0.15) is 0 Å². The minimum absolute atomic E-state index is 0.0103. The third kappa shape index (κ3) is 4.80. The van der Waals surface area contributed by atoms with Crippen LogP contribution in [0.5, 0.6) is 5.75 Å². The normalized spacial score (nSPS) is 13.9. The van der Waals surface area contributed by atoms with E-state index >= 15 is 0 Å². The fourth-order valence-corrected chi connectivity index (χ4v) is 3.12. The molecule has 1 aliphatic heterocycles. The Morgan fingerprint density at radius 3 is 2.45 bits per heavy atom. The lowest BCUT2D eigenvalue weighted by Crippen LogP contribution is -2.51. The Kier molecular flexibility index (Phi) is 6.28. The maximum Gasteiger partial charge on any atom is 0.310 e. The molecule has 1 saturated heterocycles. The van der Waals surface area contributed by atoms with Crippen molar-refractivity contribution in [2.45, 2.75) is 0 Å². The summed E-state index contributed by atoms with van der Waals surface area (Å²) in [7, 11) is 0. The van der Waals surface area contributed by atoms with Crippen molar-refractivity contribution in [2.24, 2.45) is 0 Å². The Bertz CT molecular complexity index is 947. The van der Waals surface area contributed by atoms with Crippen molar-refractivity contribution in [1.82, 2.24) is 9.80 Å². The van der Waals surface area contributed by atoms with Crippen LogP contribution in [-0.4, -0.2) is 59.3 Å². The monoisotopic (exact) mass is 421 g/mol. The average Bonchev–Trinajstić information content (AvgIpc) is 2.73. The van der Waals surface area contributed by atoms with E-state index in [-0.39, 0.29) is 60.7 Å². The molecule has 8 nitrogen and oxygen atoms in total. The van der Waals surface area contributed by atoms with Crippen LogP contribution in [0.2, 0.25) is 5.02 Å². The number of para-hydroxylation sites is 2. The maximum absolute atomic E-state index is 13.9. The summed E-state index contributed by atoms with van der Waals surface area (Å²) in [5, 5.41) is 11.2. The van der Waals surface area contributed by atoms with Crippen LogP contribution < -0.4 is 4.74 Å². The van der Waals surface area contributed by atoms with Gasteiger partial charge in [-0.05, 0) is 24.3 Å². The number of carbonyl (C=O) groups excluding carboxylic acids is 2. The van der Waals surface area contributed by atoms with Gasteiger partial charge in [0.1, 0.15) is 5.82 Å². The van der Waals surface area contributed by atoms with Crippen LogP contribution in [0.15, 0.2) is 42.5 Å². The number of rotatable bonds is 5. The first-order chi connectivity index (χ1) is 13.9. The van der Waals surface area contributed by atoms with Gasteiger partial charge < -0.3 is 14.5 Å². The predicted octanol–water partition coefficient (Wildman–Crippen LogP) is 2.75. The van der Waals surface area contributed by atoms with Gasteiger partial charge in [0.15, 0.2) is 12.4 Å². The summed E-state index contributed by atoms with van der Waals surface area (Å²) in [5.74, 6) is -1.50. The third-order valence-corrected chi connectivity index (χ3v) is 4.73. The molecule has 10 heteroatoms. The molecule has 0 radical (unpaired) electrons. The first kappa shape index (κ1) is 20.5. The van der Waals surface area contributed by atoms with Gasteiger partial charge in [0, 0.05) is 37.3 Å². The molecular weight excluding hydrogens is 405 g/mol. The Balaban J connectivity index is 1.55. The fourth-order valence-electron chi connectivity index (χ4n) is 2.95. The Morgan fingerprint density at radius 2 is 1.76 bits per heavy atom. The van der Waals surface area contributed by atoms with Crippen molar-refractivity contribution in [3.8, 4) is 5.75 Å². The molecule has 1 fully saturated rings. The highest BCUT2D eigenvalue weighted by atomic mass is 35.5. The zero-order chi connectivity index (χ0) is 21.0. The summed E-state index contributed by atoms with van der Waals surface area (Å²) in [5.41, 5.74) is -0.337. The molecule has 3 rings (SSSR count). The molecular formula is C19H17ClFN3O5. The molecule has 1 aliphatic rings. The van der Waals surface area contributed by atoms with Crippen LogP contribution in [-0.2, 0) is 4.79 Å². The summed E-state index contributed by atoms with van der Waals surface area (Å²) >= 11 is 5.83. The van der Waals surface area contributed by atoms with Crippen LogP contribution in [0.3, 0.4) is 0 Å². The van der Waals surface area contributed by atoms with Gasteiger partial charge in [-0.15, -0.1) is 0 Å². The molecule has 0 saturated carbocycles. The number of hydrogen-bond acceptors (Lipinski definition) is 5. The number of nitro groups is 1. The molecule has 0 atom stereocenters. The van der Waals surface area contributed by atoms with Gasteiger partial charge in [-0.3, -0.25) is 19.7 Å². The second kappa shape index (κ2) is 8.87. The Morgan fingerprint density at radius 1 is 1.10 bits per heavy atom. The van der Waals surface area contributed by atoms with Crippen LogP contribution in [0.4, 0.5) is 10.1 Å². The van der Waals surface area contributed by atoms with E-state index in [4.69, 9.17) is 16.3 Å². The van der Waals surface area contributed by atoms with Gasteiger partial charge in [-0.1, -0.05) is 23.7 Å². The maximum atomic E-state index is 13.9. The van der Waals surface area contributed by atoms with Crippen LogP contribution in [0, 0.1) is 15.9 Å². The second-order valence-corrected chi connectivity index (χ2v) is 6.75. The standard InChI is InChI=1S/C19H17ClFN3O5/c20-13-5-6-15(21)14(11-13)19(26)23-9-7-22(8-10-23)18(25)12-29-17-4-2-1-3-16(17)24(27)28/h1-6,11H,7-10,12H2. The van der Waals surface area contributed by atoms with Crippen molar-refractivity contribution >= 4 is 29.1 Å². The SMILES string of the molecule is O=C(COc1ccccc1[N+](=O)[O-])N1CCN(C(=O)c2cc(Cl)ccc2F)CC1. The number of amides is 2. The van der Waals surface area contributed by atoms with Gasteiger partial charge in [0.25, 0.3) is 11.8 Å². The van der Waals surface area contributed by atoms with E-state index in [9.17, 15) is 24.1 Å². The molecule has 0 bridgehead atoms. The van der Waals surface area contributed by atoms with Crippen molar-refractivity contribution < 1.29 is 23.6 Å². The first-order valence-corrected chi connectivity index (χ1v) is 9.13. The number of piperazine rings is 1. The van der Waals surface area contributed by atoms with E-state index in [1.165, 1.54) is 40.1 Å². The third-order valence-electron chi connectivity index (χ3n) is 4.49. The Labute approximate surface area is 170 Å². The van der Waals surface area contributed by atoms with E-state index in [0.29, 0.717) is 0 Å². The molecule has 29 heavy (non-hydrogen) atoms. The van der Waals surface area contributed by atoms with E-state index in [1.54, 1.807) is 6.07 Å². The lowest BCUT2D eigenvalue weighted by molar-refractivity contribution is -0.385. The van der Waals surface area contributed by atoms with Gasteiger partial charge >= 0.3 is 5.69 Å². The smallest absolute Gasteiger partial charge is 0.310 e. The van der Waals surface area contributed by atoms with Crippen molar-refractivity contribution in [1.29, 1.82) is 0 Å². The highest BCUT2D eigenvalue weighted by molar-refractivity contribution is 6.31. The van der Waals surface area contributed by atoms with Gasteiger partial charge in [0.2, 0.25) is 0 Å². The minimum Gasteiger partial charge on any atom is -0.477 e. The number of hydrogen-bond donors (Lipinski definition) is 0. The molecule has 2 amide bonds. The molecule has 0 N–H and O–H groups in total. The number of halogens is 2. The van der Waals surface area contributed by atoms with Crippen LogP contribution in [0.1, 0.15) is 10.4 Å². The van der Waals surface area contributed by atoms with E-state index in [2.05, 4.69) is 0 Å². The molecule has 0 aliphatic carbocycles.